The van der Waals surface area contributed by atoms with Gasteiger partial charge < -0.3 is 21.0 Å². The number of rotatable bonds is 8. The van der Waals surface area contributed by atoms with E-state index in [1.165, 1.54) is 11.8 Å². The largest absolute Gasteiger partial charge is 0.393 e. The fourth-order valence-corrected chi connectivity index (χ4v) is 3.28. The van der Waals surface area contributed by atoms with E-state index in [2.05, 4.69) is 16.9 Å². The van der Waals surface area contributed by atoms with Crippen molar-refractivity contribution in [3.63, 3.8) is 0 Å². The van der Waals surface area contributed by atoms with E-state index < -0.39 is 0 Å². The quantitative estimate of drug-likeness (QED) is 0.208. The second-order valence-corrected chi connectivity index (χ2v) is 6.54. The summed E-state index contributed by atoms with van der Waals surface area (Å²) in [6, 6.07) is 0.0484. The van der Waals surface area contributed by atoms with Gasteiger partial charge in [0.2, 0.25) is 0 Å². The topological polar surface area (TPSA) is 133 Å². The zero-order valence-electron chi connectivity index (χ0n) is 13.3. The predicted molar refractivity (Wildman–Crippen MR) is 92.0 cm³/mol. The summed E-state index contributed by atoms with van der Waals surface area (Å²) in [6.45, 7) is 2.20. The molecule has 0 aliphatic heterocycles. The number of hydrogen-bond acceptors (Lipinski definition) is 9. The monoisotopic (exact) mass is 340 g/mol. The van der Waals surface area contributed by atoms with Gasteiger partial charge in [0.15, 0.2) is 16.8 Å². The van der Waals surface area contributed by atoms with E-state index in [0.29, 0.717) is 16.7 Å². The summed E-state index contributed by atoms with van der Waals surface area (Å²) in [5.74, 6) is 7.83. The third-order valence-corrected chi connectivity index (χ3v) is 4.82. The molecule has 0 bridgehead atoms. The minimum Gasteiger partial charge on any atom is -0.393 e. The van der Waals surface area contributed by atoms with Crippen LogP contribution in [0, 0.1) is 0 Å². The van der Waals surface area contributed by atoms with Crippen LogP contribution in [0.2, 0.25) is 0 Å². The third-order valence-electron chi connectivity index (χ3n) is 3.76. The molecule has 1 saturated carbocycles. The van der Waals surface area contributed by atoms with Crippen molar-refractivity contribution in [2.24, 2.45) is 5.84 Å². The Bertz CT molecular complexity index is 544. The molecule has 2 rings (SSSR count). The highest BCUT2D eigenvalue weighted by Crippen LogP contribution is 2.33. The van der Waals surface area contributed by atoms with Crippen LogP contribution < -0.4 is 22.3 Å². The van der Waals surface area contributed by atoms with E-state index in [1.807, 2.05) is 0 Å². The van der Waals surface area contributed by atoms with E-state index in [-0.39, 0.29) is 24.6 Å². The van der Waals surface area contributed by atoms with Gasteiger partial charge in [-0.15, -0.1) is 0 Å². The van der Waals surface area contributed by atoms with Crippen LogP contribution in [0.3, 0.4) is 0 Å². The molecular formula is C14H24N6O2S. The molecule has 9 heteroatoms. The number of carbonyl (C=O) groups is 1. The number of hydrogen-bond donors (Lipinski definition) is 3. The van der Waals surface area contributed by atoms with Crippen molar-refractivity contribution in [3.05, 3.63) is 0 Å². The lowest BCUT2D eigenvalue weighted by Gasteiger charge is -2.26. The summed E-state index contributed by atoms with van der Waals surface area (Å²) < 4.78 is 5.46. The molecule has 1 aliphatic rings. The first-order valence-corrected chi connectivity index (χ1v) is 8.70. The van der Waals surface area contributed by atoms with Gasteiger partial charge in [-0.25, -0.2) is 15.8 Å². The minimum atomic E-state index is 0.0330. The Morgan fingerprint density at radius 1 is 1.39 bits per heavy atom. The van der Waals surface area contributed by atoms with Crippen molar-refractivity contribution in [3.8, 4) is 0 Å². The van der Waals surface area contributed by atoms with Crippen molar-refractivity contribution in [1.82, 2.24) is 9.97 Å². The summed E-state index contributed by atoms with van der Waals surface area (Å²) >= 11 is 1.53. The van der Waals surface area contributed by atoms with Gasteiger partial charge in [-0.3, -0.25) is 5.01 Å². The van der Waals surface area contributed by atoms with Gasteiger partial charge in [-0.1, -0.05) is 18.7 Å². The lowest BCUT2D eigenvalue weighted by atomic mass is 10.2. The summed E-state index contributed by atoms with van der Waals surface area (Å²) in [6.07, 6.45) is 4.23. The lowest BCUT2D eigenvalue weighted by Crippen LogP contribution is -2.41. The number of carbonyl (C=O) groups excluding carboxylic acids is 1. The van der Waals surface area contributed by atoms with Crippen LogP contribution in [0.5, 0.6) is 0 Å². The van der Waals surface area contributed by atoms with Gasteiger partial charge in [0, 0.05) is 11.8 Å². The first kappa shape index (κ1) is 17.8. The van der Waals surface area contributed by atoms with Crippen LogP contribution in [0.25, 0.3) is 0 Å². The SMILES string of the molecule is CCCSc1nc(N)c(N)c(N(N)C2CCC(OCC=O)C2)n1. The van der Waals surface area contributed by atoms with Crippen LogP contribution in [0.4, 0.5) is 17.3 Å². The molecule has 0 amide bonds. The molecule has 1 aromatic rings. The van der Waals surface area contributed by atoms with E-state index in [0.717, 1.165) is 37.7 Å². The number of thioether (sulfide) groups is 1. The Morgan fingerprint density at radius 3 is 2.87 bits per heavy atom. The molecule has 0 radical (unpaired) electrons. The number of anilines is 3. The summed E-state index contributed by atoms with van der Waals surface area (Å²) in [4.78, 5) is 19.0. The van der Waals surface area contributed by atoms with Crippen molar-refractivity contribution in [2.75, 3.05) is 28.8 Å². The lowest BCUT2D eigenvalue weighted by molar-refractivity contribution is -0.113. The highest BCUT2D eigenvalue weighted by Gasteiger charge is 2.31. The Kier molecular flexibility index (Phi) is 6.43. The zero-order valence-corrected chi connectivity index (χ0v) is 14.1. The molecule has 23 heavy (non-hydrogen) atoms. The summed E-state index contributed by atoms with van der Waals surface area (Å²) in [5, 5.41) is 2.14. The summed E-state index contributed by atoms with van der Waals surface area (Å²) in [7, 11) is 0. The third kappa shape index (κ3) is 4.46. The number of nitrogens with zero attached hydrogens (tertiary/aromatic N) is 3. The number of aromatic nitrogens is 2. The average Bonchev–Trinajstić information content (AvgIpc) is 3.02. The maximum absolute atomic E-state index is 10.4. The Morgan fingerprint density at radius 2 is 2.17 bits per heavy atom. The molecule has 2 atom stereocenters. The van der Waals surface area contributed by atoms with E-state index in [9.17, 15) is 4.79 Å². The van der Waals surface area contributed by atoms with Crippen LogP contribution in [-0.2, 0) is 9.53 Å². The second kappa shape index (κ2) is 8.32. The van der Waals surface area contributed by atoms with Crippen molar-refractivity contribution >= 4 is 35.4 Å². The smallest absolute Gasteiger partial charge is 0.191 e. The van der Waals surface area contributed by atoms with Gasteiger partial charge in [0.25, 0.3) is 0 Å². The van der Waals surface area contributed by atoms with Crippen LogP contribution in [-0.4, -0.2) is 40.8 Å². The normalized spacial score (nSPS) is 20.6. The molecule has 0 aromatic carbocycles. The van der Waals surface area contributed by atoms with Crippen molar-refractivity contribution in [2.45, 2.75) is 49.9 Å². The molecule has 1 fully saturated rings. The van der Waals surface area contributed by atoms with E-state index >= 15 is 0 Å². The Hall–Kier alpha value is -1.58. The van der Waals surface area contributed by atoms with Gasteiger partial charge >= 0.3 is 0 Å². The zero-order chi connectivity index (χ0) is 16.8. The fourth-order valence-electron chi connectivity index (χ4n) is 2.58. The maximum atomic E-state index is 10.4. The maximum Gasteiger partial charge on any atom is 0.191 e. The van der Waals surface area contributed by atoms with Gasteiger partial charge in [-0.2, -0.15) is 0 Å². The number of nitrogen functional groups attached to an aromatic ring is 2. The predicted octanol–water partition coefficient (Wildman–Crippen LogP) is 0.960. The number of nitrogens with two attached hydrogens (primary N) is 3. The van der Waals surface area contributed by atoms with Crippen LogP contribution >= 0.6 is 11.8 Å². The van der Waals surface area contributed by atoms with E-state index in [1.54, 1.807) is 5.01 Å². The molecule has 128 valence electrons. The molecule has 2 unspecified atom stereocenters. The first-order valence-electron chi connectivity index (χ1n) is 7.71. The number of aldehydes is 1. The number of hydrazine groups is 1. The highest BCUT2D eigenvalue weighted by molar-refractivity contribution is 7.99. The average molecular weight is 340 g/mol. The fraction of sp³-hybridized carbons (Fsp3) is 0.643. The standard InChI is InChI=1S/C14H24N6O2S/c1-2-7-23-14-18-12(16)11(15)13(19-14)20(17)9-3-4-10(8-9)22-6-5-21/h5,9-10H,2-4,6-8,15,17H2,1H3,(H2,16,18,19). The van der Waals surface area contributed by atoms with Crippen molar-refractivity contribution < 1.29 is 9.53 Å². The Balaban J connectivity index is 2.10. The Labute approximate surface area is 140 Å². The van der Waals surface area contributed by atoms with Crippen LogP contribution in [0.1, 0.15) is 32.6 Å². The van der Waals surface area contributed by atoms with Crippen LogP contribution in [0.15, 0.2) is 5.16 Å². The van der Waals surface area contributed by atoms with Crippen molar-refractivity contribution in [1.29, 1.82) is 0 Å². The number of ether oxygens (including phenoxy) is 1. The van der Waals surface area contributed by atoms with E-state index in [4.69, 9.17) is 22.0 Å². The van der Waals surface area contributed by atoms with Gasteiger partial charge in [0.1, 0.15) is 18.6 Å². The summed E-state index contributed by atoms with van der Waals surface area (Å²) in [5.41, 5.74) is 12.2. The molecule has 0 spiro atoms. The minimum absolute atomic E-state index is 0.0330. The molecule has 6 N–H and O–H groups in total. The molecule has 1 aliphatic carbocycles. The molecule has 1 aromatic heterocycles. The van der Waals surface area contributed by atoms with Gasteiger partial charge in [0.05, 0.1) is 6.10 Å². The molecule has 1 heterocycles. The highest BCUT2D eigenvalue weighted by atomic mass is 32.2. The van der Waals surface area contributed by atoms with Gasteiger partial charge in [-0.05, 0) is 25.7 Å². The molecule has 0 saturated heterocycles. The second-order valence-electron chi connectivity index (χ2n) is 5.47. The molecular weight excluding hydrogens is 316 g/mol. The first-order chi connectivity index (χ1) is 11.1. The molecule has 8 nitrogen and oxygen atoms in total.